The molecule has 0 saturated heterocycles. The lowest BCUT2D eigenvalue weighted by Gasteiger charge is -2.03. The Morgan fingerprint density at radius 2 is 1.33 bits per heavy atom. The second-order valence-corrected chi connectivity index (χ2v) is 6.15. The van der Waals surface area contributed by atoms with Crippen molar-refractivity contribution in [1.29, 1.82) is 0 Å². The van der Waals surface area contributed by atoms with Gasteiger partial charge in [0.1, 0.15) is 6.54 Å². The van der Waals surface area contributed by atoms with Crippen molar-refractivity contribution in [3.8, 4) is 0 Å². The van der Waals surface area contributed by atoms with Crippen molar-refractivity contribution in [2.75, 3.05) is 0 Å². The van der Waals surface area contributed by atoms with E-state index in [0.29, 0.717) is 0 Å². The molecule has 0 aliphatic rings. The van der Waals surface area contributed by atoms with Crippen LogP contribution in [0.2, 0.25) is 0 Å². The van der Waals surface area contributed by atoms with Crippen LogP contribution in [0.1, 0.15) is 82.4 Å². The molecule has 0 atom stereocenters. The van der Waals surface area contributed by atoms with Crippen LogP contribution in [0, 0.1) is 13.8 Å². The van der Waals surface area contributed by atoms with Crippen molar-refractivity contribution >= 4 is 0 Å². The van der Waals surface area contributed by atoms with Crippen molar-refractivity contribution < 1.29 is 21.5 Å². The number of aromatic nitrogens is 1. The monoisotopic (exact) mass is 355 g/mol. The molecule has 0 fully saturated rings. The second-order valence-electron chi connectivity index (χ2n) is 6.15. The zero-order chi connectivity index (χ0) is 14.6. The zero-order valence-electron chi connectivity index (χ0n) is 14.3. The first-order chi connectivity index (χ1) is 9.75. The summed E-state index contributed by atoms with van der Waals surface area (Å²) in [5.74, 6) is 0. The van der Waals surface area contributed by atoms with Crippen LogP contribution in [-0.4, -0.2) is 0 Å². The Bertz CT molecular complexity index is 363. The average molecular weight is 356 g/mol. The molecule has 0 aliphatic heterocycles. The van der Waals surface area contributed by atoms with Crippen LogP contribution in [-0.2, 0) is 6.54 Å². The summed E-state index contributed by atoms with van der Waals surface area (Å²) >= 11 is 0. The molecule has 21 heavy (non-hydrogen) atoms. The third kappa shape index (κ3) is 9.29. The van der Waals surface area contributed by atoms with Gasteiger partial charge in [-0.3, -0.25) is 0 Å². The van der Waals surface area contributed by atoms with Gasteiger partial charge in [0, 0.05) is 25.0 Å². The number of nitrogens with zero attached hydrogens (tertiary/aromatic N) is 1. The van der Waals surface area contributed by atoms with Crippen molar-refractivity contribution in [2.45, 2.75) is 91.5 Å². The summed E-state index contributed by atoms with van der Waals surface area (Å²) in [5.41, 5.74) is 2.82. The van der Waals surface area contributed by atoms with Gasteiger partial charge in [-0.25, -0.2) is 4.57 Å². The summed E-state index contributed by atoms with van der Waals surface area (Å²) in [6, 6.07) is 4.36. The molecule has 0 unspecified atom stereocenters. The highest BCUT2D eigenvalue weighted by atomic mass is 79.9. The topological polar surface area (TPSA) is 3.88 Å². The number of hydrogen-bond donors (Lipinski definition) is 0. The minimum Gasteiger partial charge on any atom is -1.00 e. The molecule has 2 heteroatoms. The summed E-state index contributed by atoms with van der Waals surface area (Å²) < 4.78 is 2.40. The normalized spacial score (nSPS) is 10.4. The molecular weight excluding hydrogens is 322 g/mol. The van der Waals surface area contributed by atoms with Crippen molar-refractivity contribution in [3.63, 3.8) is 0 Å². The summed E-state index contributed by atoms with van der Waals surface area (Å²) in [6.45, 7) is 7.90. The van der Waals surface area contributed by atoms with E-state index in [2.05, 4.69) is 43.7 Å². The van der Waals surface area contributed by atoms with E-state index in [1.54, 1.807) is 0 Å². The molecule has 0 radical (unpaired) electrons. The predicted molar refractivity (Wildman–Crippen MR) is 88.0 cm³/mol. The van der Waals surface area contributed by atoms with E-state index in [-0.39, 0.29) is 17.0 Å². The van der Waals surface area contributed by atoms with E-state index in [0.717, 1.165) is 0 Å². The fourth-order valence-corrected chi connectivity index (χ4v) is 2.76. The van der Waals surface area contributed by atoms with E-state index in [9.17, 15) is 0 Å². The second kappa shape index (κ2) is 13.3. The smallest absolute Gasteiger partial charge is 0.181 e. The fraction of sp³-hybridized carbons (Fsp3) is 0.737. The SMILES string of the molecule is CCCCCCCCCCCC[n+]1cccc(C)c1C.[Br-]. The van der Waals surface area contributed by atoms with Gasteiger partial charge >= 0.3 is 0 Å². The number of unbranched alkanes of at least 4 members (excludes halogenated alkanes) is 9. The largest absolute Gasteiger partial charge is 1.00 e. The van der Waals surface area contributed by atoms with Gasteiger partial charge in [0.2, 0.25) is 0 Å². The molecule has 122 valence electrons. The maximum absolute atomic E-state index is 2.40. The summed E-state index contributed by atoms with van der Waals surface area (Å²) in [7, 11) is 0. The Labute approximate surface area is 142 Å². The highest BCUT2D eigenvalue weighted by Crippen LogP contribution is 2.10. The van der Waals surface area contributed by atoms with Crippen molar-refractivity contribution in [3.05, 3.63) is 29.6 Å². The molecule has 0 saturated carbocycles. The third-order valence-corrected chi connectivity index (χ3v) is 4.37. The van der Waals surface area contributed by atoms with Gasteiger partial charge in [-0.15, -0.1) is 0 Å². The van der Waals surface area contributed by atoms with E-state index in [1.165, 1.54) is 82.0 Å². The van der Waals surface area contributed by atoms with E-state index in [4.69, 9.17) is 0 Å². The van der Waals surface area contributed by atoms with Crippen LogP contribution in [0.3, 0.4) is 0 Å². The van der Waals surface area contributed by atoms with Crippen LogP contribution in [0.4, 0.5) is 0 Å². The quantitative estimate of drug-likeness (QED) is 0.424. The number of hydrogen-bond acceptors (Lipinski definition) is 0. The molecule has 1 heterocycles. The predicted octanol–water partition coefficient (Wildman–Crippen LogP) is 2.52. The first-order valence-corrected chi connectivity index (χ1v) is 8.71. The highest BCUT2D eigenvalue weighted by molar-refractivity contribution is 5.11. The van der Waals surface area contributed by atoms with E-state index in [1.807, 2.05) is 0 Å². The maximum atomic E-state index is 2.40. The van der Waals surface area contributed by atoms with Crippen LogP contribution in [0.25, 0.3) is 0 Å². The molecule has 0 aliphatic carbocycles. The van der Waals surface area contributed by atoms with Crippen LogP contribution in [0.5, 0.6) is 0 Å². The third-order valence-electron chi connectivity index (χ3n) is 4.37. The fourth-order valence-electron chi connectivity index (χ4n) is 2.76. The molecule has 1 nitrogen and oxygen atoms in total. The van der Waals surface area contributed by atoms with Crippen LogP contribution < -0.4 is 21.5 Å². The van der Waals surface area contributed by atoms with Gasteiger partial charge in [0.25, 0.3) is 0 Å². The Hall–Kier alpha value is -0.370. The molecule has 0 spiro atoms. The lowest BCUT2D eigenvalue weighted by molar-refractivity contribution is -0.703. The van der Waals surface area contributed by atoms with Gasteiger partial charge in [0.15, 0.2) is 11.9 Å². The molecule has 0 bridgehead atoms. The number of aryl methyl sites for hydroxylation is 2. The number of rotatable bonds is 11. The maximum Gasteiger partial charge on any atom is 0.181 e. The van der Waals surface area contributed by atoms with Gasteiger partial charge in [-0.1, -0.05) is 58.3 Å². The molecule has 1 rings (SSSR count). The first-order valence-electron chi connectivity index (χ1n) is 8.71. The highest BCUT2D eigenvalue weighted by Gasteiger charge is 2.06. The van der Waals surface area contributed by atoms with E-state index < -0.39 is 0 Å². The number of pyridine rings is 1. The lowest BCUT2D eigenvalue weighted by atomic mass is 10.1. The van der Waals surface area contributed by atoms with Crippen LogP contribution in [0.15, 0.2) is 18.3 Å². The number of halogens is 1. The van der Waals surface area contributed by atoms with E-state index >= 15 is 0 Å². The minimum atomic E-state index is 0. The standard InChI is InChI=1S/C19H34N.BrH/c1-4-5-6-7-8-9-10-11-12-13-16-20-17-14-15-18(2)19(20)3;/h14-15,17H,4-13,16H2,1-3H3;1H/q+1;/p-1. The summed E-state index contributed by atoms with van der Waals surface area (Å²) in [5, 5.41) is 0. The average Bonchev–Trinajstić information content (AvgIpc) is 2.45. The molecule has 0 aromatic carbocycles. The zero-order valence-corrected chi connectivity index (χ0v) is 15.9. The Kier molecular flexibility index (Phi) is 13.1. The first kappa shape index (κ1) is 20.6. The Morgan fingerprint density at radius 3 is 1.90 bits per heavy atom. The molecular formula is C19H34BrN. The van der Waals surface area contributed by atoms with Crippen LogP contribution >= 0.6 is 0 Å². The van der Waals surface area contributed by atoms with Gasteiger partial charge in [0.05, 0.1) is 0 Å². The minimum absolute atomic E-state index is 0. The van der Waals surface area contributed by atoms with Gasteiger partial charge < -0.3 is 17.0 Å². The Balaban J connectivity index is 0.00000400. The van der Waals surface area contributed by atoms with Gasteiger partial charge in [-0.05, 0) is 19.4 Å². The van der Waals surface area contributed by atoms with Crippen molar-refractivity contribution in [2.24, 2.45) is 0 Å². The summed E-state index contributed by atoms with van der Waals surface area (Å²) in [6.07, 6.45) is 16.3. The molecule has 0 N–H and O–H groups in total. The molecule has 0 amide bonds. The Morgan fingerprint density at radius 1 is 0.810 bits per heavy atom. The lowest BCUT2D eigenvalue weighted by Crippen LogP contribution is -3.00. The molecule has 1 aromatic heterocycles. The summed E-state index contributed by atoms with van der Waals surface area (Å²) in [4.78, 5) is 0. The molecule has 1 aromatic rings. The van der Waals surface area contributed by atoms with Gasteiger partial charge in [-0.2, -0.15) is 0 Å². The van der Waals surface area contributed by atoms with Crippen molar-refractivity contribution in [1.82, 2.24) is 0 Å².